The molecule has 0 radical (unpaired) electrons. The van der Waals surface area contributed by atoms with Crippen molar-refractivity contribution in [2.24, 2.45) is 11.7 Å². The Labute approximate surface area is 143 Å². The first-order valence-corrected chi connectivity index (χ1v) is 10.1. The van der Waals surface area contributed by atoms with Gasteiger partial charge in [0.15, 0.2) is 9.84 Å². The highest BCUT2D eigenvalue weighted by atomic mass is 32.2. The highest BCUT2D eigenvalue weighted by molar-refractivity contribution is 7.94. The number of nitrogens with zero attached hydrogens (tertiary/aromatic N) is 1. The van der Waals surface area contributed by atoms with Gasteiger partial charge in [0.05, 0.1) is 10.8 Å². The van der Waals surface area contributed by atoms with Gasteiger partial charge >= 0.3 is 0 Å². The van der Waals surface area contributed by atoms with Gasteiger partial charge in [-0.1, -0.05) is 0 Å². The van der Waals surface area contributed by atoms with Crippen LogP contribution in [0.4, 0.5) is 0 Å². The van der Waals surface area contributed by atoms with E-state index in [9.17, 15) is 13.2 Å². The number of nitrogens with one attached hydrogen (secondary N) is 1. The molecule has 2 unspecified atom stereocenters. The maximum Gasteiger partial charge on any atom is 0.230 e. The van der Waals surface area contributed by atoms with Gasteiger partial charge in [0.25, 0.3) is 0 Å². The quantitative estimate of drug-likeness (QED) is 0.694. The van der Waals surface area contributed by atoms with Crippen LogP contribution in [0, 0.1) is 5.92 Å². The molecule has 24 heavy (non-hydrogen) atoms. The highest BCUT2D eigenvalue weighted by Gasteiger charge is 2.46. The van der Waals surface area contributed by atoms with Crippen molar-refractivity contribution in [3.05, 3.63) is 22.8 Å². The van der Waals surface area contributed by atoms with Gasteiger partial charge in [-0.05, 0) is 45.0 Å². The fraction of sp³-hybridized carbons (Fsp3) is 0.688. The van der Waals surface area contributed by atoms with Crippen LogP contribution in [-0.2, 0) is 19.4 Å². The number of amides is 1. The Morgan fingerprint density at radius 1 is 1.46 bits per heavy atom. The molecule has 1 amide bonds. The summed E-state index contributed by atoms with van der Waals surface area (Å²) in [5, 5.41) is 2.77. The van der Waals surface area contributed by atoms with Gasteiger partial charge in [-0.25, -0.2) is 8.42 Å². The molecule has 2 aliphatic rings. The van der Waals surface area contributed by atoms with Crippen molar-refractivity contribution < 1.29 is 17.9 Å². The first-order chi connectivity index (χ1) is 11.2. The number of nitrogens with two attached hydrogens (primary N) is 1. The van der Waals surface area contributed by atoms with Gasteiger partial charge in [-0.3, -0.25) is 4.79 Å². The van der Waals surface area contributed by atoms with Crippen LogP contribution in [0.25, 0.3) is 0 Å². The Balaban J connectivity index is 2.46. The van der Waals surface area contributed by atoms with Gasteiger partial charge in [0.2, 0.25) is 5.91 Å². The van der Waals surface area contributed by atoms with E-state index in [1.54, 1.807) is 6.08 Å². The molecule has 7 nitrogen and oxygen atoms in total. The lowest BCUT2D eigenvalue weighted by Gasteiger charge is -2.40. The zero-order chi connectivity index (χ0) is 18.0. The Hall–Kier alpha value is -1.38. The minimum Gasteiger partial charge on any atom is -0.398 e. The van der Waals surface area contributed by atoms with E-state index in [0.29, 0.717) is 13.1 Å². The molecule has 1 aliphatic heterocycles. The molecule has 1 saturated heterocycles. The molecule has 0 saturated carbocycles. The molecule has 3 N–H and O–H groups in total. The van der Waals surface area contributed by atoms with Crippen molar-refractivity contribution in [2.75, 3.05) is 39.5 Å². The van der Waals surface area contributed by atoms with Crippen LogP contribution in [0.3, 0.4) is 0 Å². The third kappa shape index (κ3) is 3.81. The van der Waals surface area contributed by atoms with Crippen LogP contribution in [0.1, 0.15) is 19.8 Å². The molecule has 1 fully saturated rings. The van der Waals surface area contributed by atoms with Crippen molar-refractivity contribution in [1.29, 1.82) is 0 Å². The van der Waals surface area contributed by atoms with Gasteiger partial charge < -0.3 is 20.7 Å². The lowest BCUT2D eigenvalue weighted by atomic mass is 9.81. The molecule has 0 aromatic heterocycles. The molecular formula is C16H27N3O4S. The number of rotatable bonds is 6. The third-order valence-electron chi connectivity index (χ3n) is 4.61. The molecule has 1 aliphatic carbocycles. The van der Waals surface area contributed by atoms with Gasteiger partial charge in [0, 0.05) is 32.2 Å². The van der Waals surface area contributed by atoms with Crippen molar-refractivity contribution in [3.63, 3.8) is 0 Å². The van der Waals surface area contributed by atoms with Crippen molar-refractivity contribution in [3.8, 4) is 0 Å². The van der Waals surface area contributed by atoms with Gasteiger partial charge in [0.1, 0.15) is 5.60 Å². The minimum atomic E-state index is -3.52. The van der Waals surface area contributed by atoms with Crippen molar-refractivity contribution >= 4 is 15.7 Å². The number of hydrogen-bond donors (Lipinski definition) is 2. The average molecular weight is 357 g/mol. The number of carbonyl (C=O) groups is 1. The average Bonchev–Trinajstić information content (AvgIpc) is 2.98. The molecule has 0 aromatic carbocycles. The van der Waals surface area contributed by atoms with E-state index in [-0.39, 0.29) is 16.5 Å². The predicted octanol–water partition coefficient (Wildman–Crippen LogP) is 0.00440. The summed E-state index contributed by atoms with van der Waals surface area (Å²) in [6.07, 6.45) is 6.34. The highest BCUT2D eigenvalue weighted by Crippen LogP contribution is 2.35. The van der Waals surface area contributed by atoms with E-state index in [1.807, 2.05) is 6.92 Å². The molecule has 8 heteroatoms. The fourth-order valence-electron chi connectivity index (χ4n) is 3.42. The van der Waals surface area contributed by atoms with Crippen molar-refractivity contribution in [2.45, 2.75) is 25.4 Å². The number of carbonyl (C=O) groups excluding carboxylic acids is 1. The second-order valence-electron chi connectivity index (χ2n) is 6.42. The number of methoxy groups -OCH3 is 1. The number of hydrogen-bond acceptors (Lipinski definition) is 6. The van der Waals surface area contributed by atoms with Crippen molar-refractivity contribution in [1.82, 2.24) is 10.2 Å². The number of ether oxygens (including phenoxy) is 1. The van der Waals surface area contributed by atoms with E-state index >= 15 is 0 Å². The first-order valence-electron chi connectivity index (χ1n) is 8.19. The van der Waals surface area contributed by atoms with Gasteiger partial charge in [-0.15, -0.1) is 0 Å². The summed E-state index contributed by atoms with van der Waals surface area (Å²) in [5.74, 6) is -1.01. The fourth-order valence-corrected chi connectivity index (χ4v) is 4.29. The smallest absolute Gasteiger partial charge is 0.230 e. The van der Waals surface area contributed by atoms with Crippen LogP contribution in [0.5, 0.6) is 0 Å². The summed E-state index contributed by atoms with van der Waals surface area (Å²) in [6, 6.07) is 0. The summed E-state index contributed by atoms with van der Waals surface area (Å²) in [4.78, 5) is 14.8. The zero-order valence-corrected chi connectivity index (χ0v) is 15.4. The summed E-state index contributed by atoms with van der Waals surface area (Å²) < 4.78 is 29.7. The predicted molar refractivity (Wildman–Crippen MR) is 92.8 cm³/mol. The SMILES string of the molecule is CCNC(=O)C1C=C(S(C)(=O)=O)C(N)=CC1(CN1CCCC1)OC. The summed E-state index contributed by atoms with van der Waals surface area (Å²) >= 11 is 0. The Kier molecular flexibility index (Phi) is 5.72. The summed E-state index contributed by atoms with van der Waals surface area (Å²) in [7, 11) is -1.99. The van der Waals surface area contributed by atoms with Crippen LogP contribution in [0.15, 0.2) is 22.8 Å². The molecule has 1 heterocycles. The zero-order valence-electron chi connectivity index (χ0n) is 14.5. The van der Waals surface area contributed by atoms with Crippen LogP contribution in [0.2, 0.25) is 0 Å². The van der Waals surface area contributed by atoms with E-state index in [0.717, 1.165) is 32.2 Å². The Morgan fingerprint density at radius 3 is 2.58 bits per heavy atom. The number of likely N-dealkylation sites (tertiary alicyclic amines) is 1. The third-order valence-corrected chi connectivity index (χ3v) is 5.78. The van der Waals surface area contributed by atoms with E-state index in [4.69, 9.17) is 10.5 Å². The monoisotopic (exact) mass is 357 g/mol. The first kappa shape index (κ1) is 19.0. The van der Waals surface area contributed by atoms with Crippen LogP contribution >= 0.6 is 0 Å². The largest absolute Gasteiger partial charge is 0.398 e. The molecule has 0 aromatic rings. The summed E-state index contributed by atoms with van der Waals surface area (Å²) in [5.41, 5.74) is 5.18. The maximum absolute atomic E-state index is 12.6. The van der Waals surface area contributed by atoms with E-state index in [1.165, 1.54) is 13.2 Å². The van der Waals surface area contributed by atoms with E-state index < -0.39 is 21.4 Å². The Morgan fingerprint density at radius 2 is 2.08 bits per heavy atom. The molecule has 2 rings (SSSR count). The normalized spacial score (nSPS) is 28.4. The minimum absolute atomic E-state index is 0.00662. The second-order valence-corrected chi connectivity index (χ2v) is 8.40. The molecule has 0 bridgehead atoms. The second kappa shape index (κ2) is 7.25. The molecule has 2 atom stereocenters. The van der Waals surface area contributed by atoms with Crippen LogP contribution in [-0.4, -0.2) is 64.4 Å². The topological polar surface area (TPSA) is 102 Å². The molecule has 0 spiro atoms. The summed E-state index contributed by atoms with van der Waals surface area (Å²) in [6.45, 7) is 4.65. The van der Waals surface area contributed by atoms with Gasteiger partial charge in [-0.2, -0.15) is 0 Å². The van der Waals surface area contributed by atoms with Crippen LogP contribution < -0.4 is 11.1 Å². The Bertz CT molecular complexity index is 650. The lowest BCUT2D eigenvalue weighted by molar-refractivity contribution is -0.132. The number of sulfone groups is 1. The van der Waals surface area contributed by atoms with E-state index in [2.05, 4.69) is 10.2 Å². The maximum atomic E-state index is 12.6. The standard InChI is InChI=1S/C16H27N3O4S/c1-4-18-15(20)12-9-14(24(3,21)22)13(17)10-16(12,23-2)11-19-7-5-6-8-19/h9-10,12H,4-8,11,17H2,1-3H3,(H,18,20). The molecule has 136 valence electrons. The molecular weight excluding hydrogens is 330 g/mol. The lowest BCUT2D eigenvalue weighted by Crippen LogP contribution is -2.54.